The van der Waals surface area contributed by atoms with Crippen LogP contribution in [0.15, 0.2) is 64.2 Å². The highest BCUT2D eigenvalue weighted by atomic mass is 79.9. The molecule has 0 saturated heterocycles. The molecule has 0 radical (unpaired) electrons. The van der Waals surface area contributed by atoms with Gasteiger partial charge in [0.05, 0.1) is 11.9 Å². The third-order valence-electron chi connectivity index (χ3n) is 3.40. The molecule has 0 aliphatic carbocycles. The first-order valence-corrected chi connectivity index (χ1v) is 8.12. The summed E-state index contributed by atoms with van der Waals surface area (Å²) in [6.07, 6.45) is 1.58. The van der Waals surface area contributed by atoms with Gasteiger partial charge in [-0.25, -0.2) is 5.43 Å². The maximum Gasteiger partial charge on any atom is 0.289 e. The molecular formula is C18H15BrN4O. The number of aromatic amines is 1. The summed E-state index contributed by atoms with van der Waals surface area (Å²) in [7, 11) is 0. The van der Waals surface area contributed by atoms with Crippen molar-refractivity contribution in [2.75, 3.05) is 0 Å². The van der Waals surface area contributed by atoms with Crippen molar-refractivity contribution in [2.24, 2.45) is 5.10 Å². The summed E-state index contributed by atoms with van der Waals surface area (Å²) >= 11 is 3.39. The quantitative estimate of drug-likeness (QED) is 0.530. The highest BCUT2D eigenvalue weighted by molar-refractivity contribution is 9.10. The Morgan fingerprint density at radius 2 is 2.00 bits per heavy atom. The maximum absolute atomic E-state index is 12.1. The zero-order valence-electron chi connectivity index (χ0n) is 13.0. The SMILES string of the molecule is Cc1ccc(-c2cc(C(=O)NN=Cc3cccc(Br)c3)[nH]n2)cc1. The van der Waals surface area contributed by atoms with Crippen LogP contribution in [0.3, 0.4) is 0 Å². The number of rotatable bonds is 4. The van der Waals surface area contributed by atoms with E-state index in [1.165, 1.54) is 5.56 Å². The zero-order valence-corrected chi connectivity index (χ0v) is 14.5. The van der Waals surface area contributed by atoms with Crippen molar-refractivity contribution in [2.45, 2.75) is 6.92 Å². The second-order valence-electron chi connectivity index (χ2n) is 5.29. The highest BCUT2D eigenvalue weighted by Gasteiger charge is 2.10. The summed E-state index contributed by atoms with van der Waals surface area (Å²) in [6.45, 7) is 2.02. The van der Waals surface area contributed by atoms with Gasteiger partial charge in [0.15, 0.2) is 0 Å². The number of halogens is 1. The molecular weight excluding hydrogens is 368 g/mol. The van der Waals surface area contributed by atoms with Gasteiger partial charge < -0.3 is 0 Å². The van der Waals surface area contributed by atoms with Gasteiger partial charge in [-0.3, -0.25) is 9.89 Å². The topological polar surface area (TPSA) is 70.1 Å². The average Bonchev–Trinajstić information content (AvgIpc) is 3.05. The van der Waals surface area contributed by atoms with E-state index in [0.717, 1.165) is 21.3 Å². The molecule has 24 heavy (non-hydrogen) atoms. The van der Waals surface area contributed by atoms with E-state index in [2.05, 4.69) is 36.7 Å². The third kappa shape index (κ3) is 3.97. The van der Waals surface area contributed by atoms with Crippen LogP contribution in [0.25, 0.3) is 11.3 Å². The molecule has 0 fully saturated rings. The Morgan fingerprint density at radius 3 is 2.75 bits per heavy atom. The first-order chi connectivity index (χ1) is 11.6. The Bertz CT molecular complexity index is 884. The number of carbonyl (C=O) groups is 1. The molecule has 1 heterocycles. The molecule has 1 amide bonds. The van der Waals surface area contributed by atoms with Gasteiger partial charge in [-0.1, -0.05) is 57.9 Å². The molecule has 6 heteroatoms. The van der Waals surface area contributed by atoms with Crippen molar-refractivity contribution in [1.29, 1.82) is 0 Å². The number of H-pyrrole nitrogens is 1. The van der Waals surface area contributed by atoms with E-state index in [1.807, 2.05) is 55.5 Å². The number of benzene rings is 2. The van der Waals surface area contributed by atoms with E-state index < -0.39 is 0 Å². The summed E-state index contributed by atoms with van der Waals surface area (Å²) in [5, 5.41) is 10.9. The number of hydrazone groups is 1. The van der Waals surface area contributed by atoms with Crippen molar-refractivity contribution >= 4 is 28.1 Å². The first kappa shape index (κ1) is 16.1. The molecule has 0 saturated carbocycles. The van der Waals surface area contributed by atoms with E-state index in [9.17, 15) is 4.79 Å². The van der Waals surface area contributed by atoms with Gasteiger partial charge in [0.1, 0.15) is 5.69 Å². The number of amides is 1. The molecule has 0 aliphatic heterocycles. The molecule has 5 nitrogen and oxygen atoms in total. The number of nitrogens with one attached hydrogen (secondary N) is 2. The van der Waals surface area contributed by atoms with Crippen molar-refractivity contribution < 1.29 is 4.79 Å². The highest BCUT2D eigenvalue weighted by Crippen LogP contribution is 2.18. The molecule has 3 aromatic rings. The molecule has 0 spiro atoms. The summed E-state index contributed by atoms with van der Waals surface area (Å²) < 4.78 is 0.953. The molecule has 120 valence electrons. The second kappa shape index (κ2) is 7.23. The lowest BCUT2D eigenvalue weighted by molar-refractivity contribution is 0.0950. The number of nitrogens with zero attached hydrogens (tertiary/aromatic N) is 2. The summed E-state index contributed by atoms with van der Waals surface area (Å²) in [5.41, 5.74) is 6.57. The van der Waals surface area contributed by atoms with E-state index in [-0.39, 0.29) is 5.91 Å². The fourth-order valence-electron chi connectivity index (χ4n) is 2.12. The number of hydrogen-bond donors (Lipinski definition) is 2. The van der Waals surface area contributed by atoms with Crippen molar-refractivity contribution in [3.8, 4) is 11.3 Å². The fraction of sp³-hybridized carbons (Fsp3) is 0.0556. The first-order valence-electron chi connectivity index (χ1n) is 7.33. The van der Waals surface area contributed by atoms with Gasteiger partial charge in [-0.15, -0.1) is 0 Å². The predicted octanol–water partition coefficient (Wildman–Crippen LogP) is 3.91. The second-order valence-corrected chi connectivity index (χ2v) is 6.20. The van der Waals surface area contributed by atoms with Gasteiger partial charge in [-0.2, -0.15) is 10.2 Å². The molecule has 2 aromatic carbocycles. The predicted molar refractivity (Wildman–Crippen MR) is 98.0 cm³/mol. The van der Waals surface area contributed by atoms with Crippen LogP contribution in [0.5, 0.6) is 0 Å². The Labute approximate surface area is 147 Å². The Kier molecular flexibility index (Phi) is 4.86. The lowest BCUT2D eigenvalue weighted by Gasteiger charge is -1.97. The average molecular weight is 383 g/mol. The van der Waals surface area contributed by atoms with Crippen LogP contribution in [-0.2, 0) is 0 Å². The van der Waals surface area contributed by atoms with Crippen LogP contribution in [-0.4, -0.2) is 22.3 Å². The van der Waals surface area contributed by atoms with Gasteiger partial charge in [-0.05, 0) is 30.7 Å². The molecule has 0 unspecified atom stereocenters. The monoisotopic (exact) mass is 382 g/mol. The number of aryl methyl sites for hydroxylation is 1. The lowest BCUT2D eigenvalue weighted by Crippen LogP contribution is -2.17. The van der Waals surface area contributed by atoms with Crippen molar-refractivity contribution in [3.05, 3.63) is 75.9 Å². The minimum Gasteiger partial charge on any atom is -0.272 e. The maximum atomic E-state index is 12.1. The smallest absolute Gasteiger partial charge is 0.272 e. The minimum absolute atomic E-state index is 0.341. The minimum atomic E-state index is -0.341. The molecule has 0 bridgehead atoms. The lowest BCUT2D eigenvalue weighted by atomic mass is 10.1. The summed E-state index contributed by atoms with van der Waals surface area (Å²) in [6, 6.07) is 17.3. The van der Waals surface area contributed by atoms with E-state index in [4.69, 9.17) is 0 Å². The van der Waals surface area contributed by atoms with Gasteiger partial charge in [0.25, 0.3) is 5.91 Å². The van der Waals surface area contributed by atoms with Crippen LogP contribution in [0.4, 0.5) is 0 Å². The number of hydrogen-bond acceptors (Lipinski definition) is 3. The van der Waals surface area contributed by atoms with Crippen LogP contribution < -0.4 is 5.43 Å². The molecule has 2 N–H and O–H groups in total. The van der Waals surface area contributed by atoms with Crippen molar-refractivity contribution in [3.63, 3.8) is 0 Å². The van der Waals surface area contributed by atoms with E-state index in [1.54, 1.807) is 12.3 Å². The Hall–Kier alpha value is -2.73. The Morgan fingerprint density at radius 1 is 1.21 bits per heavy atom. The normalized spacial score (nSPS) is 10.9. The van der Waals surface area contributed by atoms with Gasteiger partial charge >= 0.3 is 0 Å². The van der Waals surface area contributed by atoms with E-state index in [0.29, 0.717) is 5.69 Å². The third-order valence-corrected chi connectivity index (χ3v) is 3.89. The molecule has 1 aromatic heterocycles. The van der Waals surface area contributed by atoms with Crippen LogP contribution in [0.1, 0.15) is 21.6 Å². The molecule has 3 rings (SSSR count). The van der Waals surface area contributed by atoms with Gasteiger partial charge in [0.2, 0.25) is 0 Å². The van der Waals surface area contributed by atoms with Crippen LogP contribution in [0.2, 0.25) is 0 Å². The summed E-state index contributed by atoms with van der Waals surface area (Å²) in [4.78, 5) is 12.1. The number of aromatic nitrogens is 2. The van der Waals surface area contributed by atoms with Crippen molar-refractivity contribution in [1.82, 2.24) is 15.6 Å². The van der Waals surface area contributed by atoms with E-state index >= 15 is 0 Å². The fourth-order valence-corrected chi connectivity index (χ4v) is 2.54. The Balaban J connectivity index is 1.66. The van der Waals surface area contributed by atoms with Gasteiger partial charge in [0, 0.05) is 10.0 Å². The standard InChI is InChI=1S/C18H15BrN4O/c1-12-5-7-14(8-6-12)16-10-17(22-21-16)18(24)23-20-11-13-3-2-4-15(19)9-13/h2-11H,1H3,(H,21,22)(H,23,24). The summed E-state index contributed by atoms with van der Waals surface area (Å²) in [5.74, 6) is -0.341. The van der Waals surface area contributed by atoms with Crippen LogP contribution in [0, 0.1) is 6.92 Å². The van der Waals surface area contributed by atoms with Crippen LogP contribution >= 0.6 is 15.9 Å². The largest absolute Gasteiger partial charge is 0.289 e. The zero-order chi connectivity index (χ0) is 16.9. The molecule has 0 aliphatic rings. The number of carbonyl (C=O) groups excluding carboxylic acids is 1. The molecule has 0 atom stereocenters.